The minimum Gasteiger partial charge on any atom is -0.383 e. The van der Waals surface area contributed by atoms with Crippen molar-refractivity contribution in [2.45, 2.75) is 50.7 Å². The lowest BCUT2D eigenvalue weighted by Gasteiger charge is -2.41. The van der Waals surface area contributed by atoms with Gasteiger partial charge in [0.05, 0.1) is 5.39 Å². The molecule has 9 heteroatoms. The van der Waals surface area contributed by atoms with E-state index in [1.807, 2.05) is 24.3 Å². The van der Waals surface area contributed by atoms with Gasteiger partial charge in [-0.25, -0.2) is 14.8 Å². The molecule has 1 aliphatic carbocycles. The third-order valence-electron chi connectivity index (χ3n) is 7.08. The number of benzene rings is 1. The Morgan fingerprint density at radius 3 is 2.55 bits per heavy atom. The lowest BCUT2D eigenvalue weighted by Crippen LogP contribution is -2.53. The van der Waals surface area contributed by atoms with Gasteiger partial charge in [-0.1, -0.05) is 12.1 Å². The standard InChI is InChI=1S/C24H32N8O/c1-15-12-31(11-10-27-15)18-6-8-19(9-7-18)32-13-20(21-22(25)28-14-29-23(21)32)16-2-4-17(5-3-16)30-24(26)33/h2-5,13-15,18-19,27H,6-12H2,1H3,(H2,25,28,29)(H3,26,30,33)/t15-,18-,19+/m0/s1. The largest absolute Gasteiger partial charge is 0.383 e. The van der Waals surface area contributed by atoms with E-state index in [1.165, 1.54) is 12.8 Å². The molecule has 6 N–H and O–H groups in total. The van der Waals surface area contributed by atoms with E-state index in [1.54, 1.807) is 6.33 Å². The average molecular weight is 449 g/mol. The third-order valence-corrected chi connectivity index (χ3v) is 7.08. The number of rotatable bonds is 4. The molecule has 33 heavy (non-hydrogen) atoms. The Morgan fingerprint density at radius 1 is 1.12 bits per heavy atom. The maximum Gasteiger partial charge on any atom is 0.316 e. The summed E-state index contributed by atoms with van der Waals surface area (Å²) < 4.78 is 2.30. The Labute approximate surface area is 193 Å². The fraction of sp³-hybridized carbons (Fsp3) is 0.458. The summed E-state index contributed by atoms with van der Waals surface area (Å²) in [5, 5.41) is 7.02. The zero-order chi connectivity index (χ0) is 22.9. The molecule has 0 radical (unpaired) electrons. The van der Waals surface area contributed by atoms with Gasteiger partial charge in [0.1, 0.15) is 17.8 Å². The van der Waals surface area contributed by atoms with Crippen molar-refractivity contribution in [3.8, 4) is 11.1 Å². The first-order valence-corrected chi connectivity index (χ1v) is 11.7. The molecule has 2 amide bonds. The highest BCUT2D eigenvalue weighted by molar-refractivity contribution is 6.01. The van der Waals surface area contributed by atoms with E-state index in [4.69, 9.17) is 11.5 Å². The number of primary amides is 1. The number of nitrogens with zero attached hydrogens (tertiary/aromatic N) is 4. The lowest BCUT2D eigenvalue weighted by molar-refractivity contribution is 0.107. The van der Waals surface area contributed by atoms with Crippen LogP contribution in [0.3, 0.4) is 0 Å². The number of aromatic nitrogens is 3. The summed E-state index contributed by atoms with van der Waals surface area (Å²) in [7, 11) is 0. The molecule has 174 valence electrons. The number of nitrogens with one attached hydrogen (secondary N) is 2. The van der Waals surface area contributed by atoms with Crippen molar-refractivity contribution in [1.82, 2.24) is 24.8 Å². The number of fused-ring (bicyclic) bond motifs is 1. The number of anilines is 2. The van der Waals surface area contributed by atoms with Gasteiger partial charge in [0.15, 0.2) is 0 Å². The van der Waals surface area contributed by atoms with E-state index in [0.29, 0.717) is 29.6 Å². The van der Waals surface area contributed by atoms with Crippen LogP contribution in [0.2, 0.25) is 0 Å². The van der Waals surface area contributed by atoms with E-state index in [9.17, 15) is 4.79 Å². The van der Waals surface area contributed by atoms with Crippen LogP contribution in [-0.2, 0) is 0 Å². The molecule has 0 spiro atoms. The van der Waals surface area contributed by atoms with Crippen LogP contribution in [0.25, 0.3) is 22.2 Å². The minimum absolute atomic E-state index is 0.392. The topological polar surface area (TPSA) is 127 Å². The number of amides is 2. The molecule has 1 atom stereocenters. The molecule has 2 fully saturated rings. The fourth-order valence-electron chi connectivity index (χ4n) is 5.48. The molecule has 5 rings (SSSR count). The molecule has 2 aliphatic rings. The summed E-state index contributed by atoms with van der Waals surface area (Å²) in [6, 6.07) is 8.63. The van der Waals surface area contributed by atoms with Crippen LogP contribution >= 0.6 is 0 Å². The summed E-state index contributed by atoms with van der Waals surface area (Å²) in [5.74, 6) is 0.483. The van der Waals surface area contributed by atoms with Gasteiger partial charge in [-0.3, -0.25) is 4.90 Å². The first-order chi connectivity index (χ1) is 16.0. The van der Waals surface area contributed by atoms with Gasteiger partial charge < -0.3 is 26.7 Å². The summed E-state index contributed by atoms with van der Waals surface area (Å²) >= 11 is 0. The van der Waals surface area contributed by atoms with E-state index < -0.39 is 6.03 Å². The van der Waals surface area contributed by atoms with Crippen LogP contribution < -0.4 is 22.1 Å². The van der Waals surface area contributed by atoms with Crippen LogP contribution in [0, 0.1) is 0 Å². The average Bonchev–Trinajstić information content (AvgIpc) is 3.20. The molecule has 9 nitrogen and oxygen atoms in total. The maximum absolute atomic E-state index is 11.1. The SMILES string of the molecule is C[C@H]1CN([C@H]2CC[C@@H](n3cc(-c4ccc(NC(N)=O)cc4)c4c(N)ncnc43)CC2)CCN1. The number of hydrogen-bond acceptors (Lipinski definition) is 6. The van der Waals surface area contributed by atoms with Crippen LogP contribution in [0.5, 0.6) is 0 Å². The predicted molar refractivity (Wildman–Crippen MR) is 131 cm³/mol. The normalized spacial score (nSPS) is 24.1. The van der Waals surface area contributed by atoms with E-state index in [-0.39, 0.29) is 0 Å². The quantitative estimate of drug-likeness (QED) is 0.486. The monoisotopic (exact) mass is 448 g/mol. The Bertz CT molecular complexity index is 1130. The van der Waals surface area contributed by atoms with Crippen molar-refractivity contribution < 1.29 is 4.79 Å². The third kappa shape index (κ3) is 4.38. The van der Waals surface area contributed by atoms with Crippen molar-refractivity contribution >= 4 is 28.6 Å². The van der Waals surface area contributed by atoms with E-state index in [2.05, 4.69) is 43.2 Å². The zero-order valence-electron chi connectivity index (χ0n) is 19.0. The number of carbonyl (C=O) groups excluding carboxylic acids is 1. The molecule has 2 aromatic heterocycles. The Morgan fingerprint density at radius 2 is 1.85 bits per heavy atom. The van der Waals surface area contributed by atoms with Gasteiger partial charge in [-0.2, -0.15) is 0 Å². The molecule has 1 aromatic carbocycles. The van der Waals surface area contributed by atoms with Gasteiger partial charge in [0.25, 0.3) is 0 Å². The molecule has 3 heterocycles. The second-order valence-corrected chi connectivity index (χ2v) is 9.29. The van der Waals surface area contributed by atoms with E-state index in [0.717, 1.165) is 54.6 Å². The number of carbonyl (C=O) groups is 1. The van der Waals surface area contributed by atoms with Gasteiger partial charge in [-0.15, -0.1) is 0 Å². The van der Waals surface area contributed by atoms with Crippen molar-refractivity contribution in [3.05, 3.63) is 36.8 Å². The molecule has 1 saturated heterocycles. The second-order valence-electron chi connectivity index (χ2n) is 9.29. The zero-order valence-corrected chi connectivity index (χ0v) is 19.0. The van der Waals surface area contributed by atoms with Crippen molar-refractivity contribution in [3.63, 3.8) is 0 Å². The highest BCUT2D eigenvalue weighted by Gasteiger charge is 2.30. The van der Waals surface area contributed by atoms with Gasteiger partial charge in [0.2, 0.25) is 0 Å². The smallest absolute Gasteiger partial charge is 0.316 e. The van der Waals surface area contributed by atoms with Crippen LogP contribution in [0.1, 0.15) is 38.6 Å². The number of urea groups is 1. The van der Waals surface area contributed by atoms with Gasteiger partial charge in [-0.05, 0) is 50.3 Å². The first kappa shape index (κ1) is 21.7. The summed E-state index contributed by atoms with van der Waals surface area (Å²) in [6.07, 6.45) is 8.35. The van der Waals surface area contributed by atoms with Gasteiger partial charge >= 0.3 is 6.03 Å². The van der Waals surface area contributed by atoms with Crippen LogP contribution in [-0.4, -0.2) is 57.2 Å². The molecule has 0 unspecified atom stereocenters. The van der Waals surface area contributed by atoms with Crippen LogP contribution in [0.15, 0.2) is 36.8 Å². The highest BCUT2D eigenvalue weighted by Crippen LogP contribution is 2.39. The molecular formula is C24H32N8O. The summed E-state index contributed by atoms with van der Waals surface area (Å²) in [4.78, 5) is 22.7. The Hall–Kier alpha value is -3.17. The number of hydrogen-bond donors (Lipinski definition) is 4. The number of nitrogen functional groups attached to an aromatic ring is 1. The lowest BCUT2D eigenvalue weighted by atomic mass is 9.89. The Balaban J connectivity index is 1.41. The summed E-state index contributed by atoms with van der Waals surface area (Å²) in [6.45, 7) is 5.62. The first-order valence-electron chi connectivity index (χ1n) is 11.7. The second kappa shape index (κ2) is 8.99. The summed E-state index contributed by atoms with van der Waals surface area (Å²) in [5.41, 5.74) is 15.1. The fourth-order valence-corrected chi connectivity index (χ4v) is 5.48. The molecule has 0 bridgehead atoms. The maximum atomic E-state index is 11.1. The van der Waals surface area contributed by atoms with E-state index >= 15 is 0 Å². The number of nitrogens with two attached hydrogens (primary N) is 2. The predicted octanol–water partition coefficient (Wildman–Crippen LogP) is 2.95. The van der Waals surface area contributed by atoms with Crippen molar-refractivity contribution in [2.24, 2.45) is 5.73 Å². The molecule has 1 aliphatic heterocycles. The number of piperazine rings is 1. The molecular weight excluding hydrogens is 416 g/mol. The Kier molecular flexibility index (Phi) is 5.90. The molecule has 3 aromatic rings. The molecule has 1 saturated carbocycles. The minimum atomic E-state index is -0.581. The van der Waals surface area contributed by atoms with Crippen LogP contribution in [0.4, 0.5) is 16.3 Å². The van der Waals surface area contributed by atoms with Gasteiger partial charge in [0, 0.05) is 55.2 Å². The highest BCUT2D eigenvalue weighted by atomic mass is 16.2. The van der Waals surface area contributed by atoms with Crippen molar-refractivity contribution in [2.75, 3.05) is 30.7 Å². The van der Waals surface area contributed by atoms with Crippen molar-refractivity contribution in [1.29, 1.82) is 0 Å².